The van der Waals surface area contributed by atoms with E-state index in [0.717, 1.165) is 32.6 Å². The highest BCUT2D eigenvalue weighted by atomic mass is 28.4. The monoisotopic (exact) mass is 614 g/mol. The molecule has 238 valence electrons. The van der Waals surface area contributed by atoms with Gasteiger partial charge in [-0.15, -0.1) is 0 Å². The third-order valence-corrected chi connectivity index (χ3v) is 12.9. The molecule has 15 heteroatoms. The number of aliphatic hydroxyl groups is 1. The van der Waals surface area contributed by atoms with Gasteiger partial charge in [0.2, 0.25) is 0 Å². The predicted molar refractivity (Wildman–Crippen MR) is 152 cm³/mol. The van der Waals surface area contributed by atoms with Crippen LogP contribution in [0, 0.1) is 0 Å². The molecule has 0 radical (unpaired) electrons. The van der Waals surface area contributed by atoms with Crippen molar-refractivity contribution >= 4 is 17.6 Å². The Balaban J connectivity index is 1.81. The minimum Gasteiger partial charge on any atom is -0.389 e. The molecule has 2 saturated heterocycles. The zero-order chi connectivity index (χ0) is 29.1. The van der Waals surface area contributed by atoms with Crippen molar-refractivity contribution in [1.29, 1.82) is 0 Å². The Bertz CT molecular complexity index is 615. The number of morpholine rings is 2. The molecule has 0 aliphatic carbocycles. The van der Waals surface area contributed by atoms with Gasteiger partial charge in [-0.05, 0) is 12.8 Å². The van der Waals surface area contributed by atoms with E-state index in [-0.39, 0.29) is 6.10 Å². The number of ether oxygens (including phenoxy) is 4. The molecule has 0 amide bonds. The van der Waals surface area contributed by atoms with Gasteiger partial charge < -0.3 is 50.6 Å². The van der Waals surface area contributed by atoms with Crippen LogP contribution in [0.1, 0.15) is 12.8 Å². The van der Waals surface area contributed by atoms with Gasteiger partial charge in [0.1, 0.15) is 0 Å². The second-order valence-electron chi connectivity index (χ2n) is 9.96. The molecule has 2 rings (SSSR count). The minimum atomic E-state index is -2.97. The van der Waals surface area contributed by atoms with Crippen LogP contribution in [0.25, 0.3) is 0 Å². The summed E-state index contributed by atoms with van der Waals surface area (Å²) in [5.41, 5.74) is 0. The first-order valence-corrected chi connectivity index (χ1v) is 18.2. The molecule has 0 spiro atoms. The van der Waals surface area contributed by atoms with Crippen LogP contribution >= 0.6 is 0 Å². The molecule has 2 fully saturated rings. The van der Waals surface area contributed by atoms with Gasteiger partial charge in [-0.25, -0.2) is 0 Å². The number of β-amino-alcohol motifs (C(OH)–C–C–N with tert-alkyl or cyclic N) is 1. The van der Waals surface area contributed by atoms with E-state index in [0.29, 0.717) is 84.5 Å². The van der Waals surface area contributed by atoms with Crippen molar-refractivity contribution in [3.05, 3.63) is 0 Å². The van der Waals surface area contributed by atoms with Crippen molar-refractivity contribution < 1.29 is 50.6 Å². The summed E-state index contributed by atoms with van der Waals surface area (Å²) in [6.07, 6.45) is 0.690. The summed E-state index contributed by atoms with van der Waals surface area (Å²) in [6, 6.07) is 1.27. The molecule has 2 unspecified atom stereocenters. The predicted octanol–water partition coefficient (Wildman–Crippen LogP) is 0.320. The number of rotatable bonds is 23. The van der Waals surface area contributed by atoms with Gasteiger partial charge in [0, 0.05) is 100 Å². The summed E-state index contributed by atoms with van der Waals surface area (Å²) in [6.45, 7) is 9.22. The van der Waals surface area contributed by atoms with Crippen molar-refractivity contribution in [3.63, 3.8) is 0 Å². The lowest BCUT2D eigenvalue weighted by Crippen LogP contribution is -2.52. The molecule has 2 atom stereocenters. The Labute approximate surface area is 242 Å². The first kappa shape index (κ1) is 36.1. The molecule has 1 N–H and O–H groups in total. The molecule has 0 saturated carbocycles. The van der Waals surface area contributed by atoms with E-state index in [9.17, 15) is 5.11 Å². The molecule has 0 aromatic carbocycles. The van der Waals surface area contributed by atoms with Gasteiger partial charge in [0.05, 0.1) is 51.8 Å². The Hall–Kier alpha value is -0.0862. The minimum absolute atomic E-state index is 0.227. The van der Waals surface area contributed by atoms with E-state index in [1.807, 2.05) is 0 Å². The second kappa shape index (κ2) is 20.8. The largest absolute Gasteiger partial charge is 0.500 e. The van der Waals surface area contributed by atoms with Gasteiger partial charge in [-0.3, -0.25) is 9.80 Å². The number of nitrogens with zero attached hydrogens (tertiary/aromatic N) is 2. The highest BCUT2D eigenvalue weighted by Crippen LogP contribution is 2.20. The fourth-order valence-corrected chi connectivity index (χ4v) is 8.60. The van der Waals surface area contributed by atoms with E-state index in [1.54, 1.807) is 35.5 Å². The van der Waals surface area contributed by atoms with Crippen LogP contribution in [0.5, 0.6) is 0 Å². The molecule has 2 aliphatic heterocycles. The van der Waals surface area contributed by atoms with Crippen molar-refractivity contribution in [2.75, 3.05) is 128 Å². The standard InChI is InChI=1S/C25H54N2O11Si2/c1-29-39(30-2,31-3)18-6-13-37-23-25(21-27-10-16-35-17-11-27)38-40(32-4,33-5)19-7-12-36-22-24(28)20-26-8-14-34-15-9-26/h24-25,28H,6-23H2,1-5H3. The Morgan fingerprint density at radius 2 is 1.10 bits per heavy atom. The van der Waals surface area contributed by atoms with Gasteiger partial charge in [0.25, 0.3) is 0 Å². The molecule has 2 heterocycles. The second-order valence-corrected chi connectivity index (χ2v) is 16.0. The lowest BCUT2D eigenvalue weighted by molar-refractivity contribution is -0.0346. The maximum Gasteiger partial charge on any atom is 0.500 e. The molecule has 0 bridgehead atoms. The van der Waals surface area contributed by atoms with Crippen LogP contribution in [0.2, 0.25) is 12.1 Å². The van der Waals surface area contributed by atoms with Gasteiger partial charge in [-0.1, -0.05) is 0 Å². The Morgan fingerprint density at radius 1 is 0.650 bits per heavy atom. The first-order valence-electron chi connectivity index (χ1n) is 14.3. The number of hydrogen-bond acceptors (Lipinski definition) is 13. The lowest BCUT2D eigenvalue weighted by atomic mass is 10.3. The van der Waals surface area contributed by atoms with Crippen LogP contribution in [-0.2, 0) is 45.5 Å². The zero-order valence-electron chi connectivity index (χ0n) is 25.3. The summed E-state index contributed by atoms with van der Waals surface area (Å²) >= 11 is 0. The maximum atomic E-state index is 10.3. The van der Waals surface area contributed by atoms with E-state index in [1.165, 1.54) is 0 Å². The van der Waals surface area contributed by atoms with E-state index in [2.05, 4.69) is 9.80 Å². The molecule has 40 heavy (non-hydrogen) atoms. The molecule has 2 aliphatic rings. The SMILES string of the molecule is CO[Si](CCCOCC(CN1CCOCC1)O[Si](CCCOCC(O)CN1CCOCC1)(OC)OC)(OC)OC. The smallest absolute Gasteiger partial charge is 0.389 e. The molecule has 0 aromatic heterocycles. The van der Waals surface area contributed by atoms with Crippen molar-refractivity contribution in [3.8, 4) is 0 Å². The highest BCUT2D eigenvalue weighted by Gasteiger charge is 2.42. The zero-order valence-corrected chi connectivity index (χ0v) is 27.3. The summed E-state index contributed by atoms with van der Waals surface area (Å²) in [7, 11) is 2.53. The number of aliphatic hydroxyl groups excluding tert-OH is 1. The van der Waals surface area contributed by atoms with E-state index < -0.39 is 23.7 Å². The summed E-state index contributed by atoms with van der Waals surface area (Å²) in [4.78, 5) is 4.51. The molecular formula is C25H54N2O11Si2. The summed E-state index contributed by atoms with van der Waals surface area (Å²) in [5.74, 6) is 0. The van der Waals surface area contributed by atoms with Crippen molar-refractivity contribution in [2.45, 2.75) is 37.1 Å². The average molecular weight is 615 g/mol. The number of hydrogen-bond donors (Lipinski definition) is 1. The lowest BCUT2D eigenvalue weighted by Gasteiger charge is -2.35. The van der Waals surface area contributed by atoms with Crippen molar-refractivity contribution in [2.24, 2.45) is 0 Å². The first-order chi connectivity index (χ1) is 19.4. The van der Waals surface area contributed by atoms with Crippen LogP contribution in [0.15, 0.2) is 0 Å². The fraction of sp³-hybridized carbons (Fsp3) is 1.00. The maximum absolute atomic E-state index is 10.3. The van der Waals surface area contributed by atoms with Gasteiger partial charge in [-0.2, -0.15) is 0 Å². The average Bonchev–Trinajstić information content (AvgIpc) is 2.99. The van der Waals surface area contributed by atoms with Crippen LogP contribution in [0.4, 0.5) is 0 Å². The van der Waals surface area contributed by atoms with Crippen molar-refractivity contribution in [1.82, 2.24) is 9.80 Å². The topological polar surface area (TPSA) is 119 Å². The summed E-state index contributed by atoms with van der Waals surface area (Å²) < 4.78 is 57.5. The van der Waals surface area contributed by atoms with E-state index in [4.69, 9.17) is 45.5 Å². The fourth-order valence-electron chi connectivity index (χ4n) is 4.80. The van der Waals surface area contributed by atoms with Crippen LogP contribution in [-0.4, -0.2) is 172 Å². The highest BCUT2D eigenvalue weighted by molar-refractivity contribution is 6.61. The summed E-state index contributed by atoms with van der Waals surface area (Å²) in [5, 5.41) is 10.3. The van der Waals surface area contributed by atoms with E-state index >= 15 is 0 Å². The molecule has 0 aromatic rings. The van der Waals surface area contributed by atoms with Gasteiger partial charge in [0.15, 0.2) is 0 Å². The molecule has 13 nitrogen and oxygen atoms in total. The quantitative estimate of drug-likeness (QED) is 0.126. The van der Waals surface area contributed by atoms with Crippen LogP contribution < -0.4 is 0 Å². The van der Waals surface area contributed by atoms with Gasteiger partial charge >= 0.3 is 17.6 Å². The Morgan fingerprint density at radius 3 is 1.60 bits per heavy atom. The molecular weight excluding hydrogens is 560 g/mol. The third-order valence-electron chi connectivity index (χ3n) is 7.20. The Kier molecular flexibility index (Phi) is 18.7. The third kappa shape index (κ3) is 13.5. The normalized spacial score (nSPS) is 19.6. The van der Waals surface area contributed by atoms with Crippen LogP contribution in [0.3, 0.4) is 0 Å².